The van der Waals surface area contributed by atoms with Crippen molar-refractivity contribution in [1.82, 2.24) is 10.6 Å². The molecule has 5 heteroatoms. The first-order valence-electron chi connectivity index (χ1n) is 4.64. The number of halogens is 1. The van der Waals surface area contributed by atoms with E-state index in [0.29, 0.717) is 13.2 Å². The Morgan fingerprint density at radius 2 is 1.69 bits per heavy atom. The average Bonchev–Trinajstić information content (AvgIpc) is 2.22. The highest BCUT2D eigenvalue weighted by Gasteiger charge is 2.08. The molecule has 78 valence electrons. The van der Waals surface area contributed by atoms with Gasteiger partial charge in [-0.2, -0.15) is 0 Å². The molecule has 0 spiro atoms. The second-order valence-electron chi connectivity index (χ2n) is 2.85. The van der Waals surface area contributed by atoms with Crippen LogP contribution in [0.3, 0.4) is 0 Å². The van der Waals surface area contributed by atoms with Gasteiger partial charge >= 0.3 is 0 Å². The maximum atomic E-state index is 11.9. The third kappa shape index (κ3) is 5.93. The molecule has 2 heterocycles. The van der Waals surface area contributed by atoms with Gasteiger partial charge in [0, 0.05) is 19.6 Å². The first-order valence-corrected chi connectivity index (χ1v) is 4.64. The number of rotatable bonds is 0. The van der Waals surface area contributed by atoms with Crippen LogP contribution in [0.1, 0.15) is 0 Å². The van der Waals surface area contributed by atoms with Crippen molar-refractivity contribution in [3.05, 3.63) is 0 Å². The molecule has 13 heavy (non-hydrogen) atoms. The van der Waals surface area contributed by atoms with Crippen LogP contribution >= 0.6 is 0 Å². The van der Waals surface area contributed by atoms with Crippen LogP contribution in [0.15, 0.2) is 0 Å². The lowest BCUT2D eigenvalue weighted by Gasteiger charge is -2.15. The van der Waals surface area contributed by atoms with Gasteiger partial charge in [0.05, 0.1) is 26.4 Å². The fourth-order valence-corrected chi connectivity index (χ4v) is 1.05. The smallest absolute Gasteiger partial charge is 0.211 e. The van der Waals surface area contributed by atoms with Gasteiger partial charge in [-0.15, -0.1) is 0 Å². The second-order valence-corrected chi connectivity index (χ2v) is 2.85. The topological polar surface area (TPSA) is 42.5 Å². The summed E-state index contributed by atoms with van der Waals surface area (Å²) >= 11 is 0. The fourth-order valence-electron chi connectivity index (χ4n) is 1.05. The molecule has 0 saturated carbocycles. The summed E-state index contributed by atoms with van der Waals surface area (Å²) in [6.45, 7) is 5.46. The molecule has 1 atom stereocenters. The summed E-state index contributed by atoms with van der Waals surface area (Å²) in [7, 11) is 0. The minimum atomic E-state index is -1.08. The van der Waals surface area contributed by atoms with Crippen molar-refractivity contribution < 1.29 is 13.9 Å². The van der Waals surface area contributed by atoms with Crippen LogP contribution in [-0.2, 0) is 9.47 Å². The molecule has 2 rings (SSSR count). The zero-order valence-corrected chi connectivity index (χ0v) is 7.72. The Labute approximate surface area is 77.8 Å². The molecule has 0 aromatic heterocycles. The van der Waals surface area contributed by atoms with Crippen molar-refractivity contribution in [1.29, 1.82) is 0 Å². The number of alkyl halides is 1. The van der Waals surface area contributed by atoms with E-state index in [1.165, 1.54) is 0 Å². The molecule has 2 saturated heterocycles. The molecule has 1 unspecified atom stereocenters. The van der Waals surface area contributed by atoms with Crippen molar-refractivity contribution in [3.63, 3.8) is 0 Å². The lowest BCUT2D eigenvalue weighted by molar-refractivity contribution is -0.0560. The minimum absolute atomic E-state index is 0.347. The Balaban J connectivity index is 0.000000132. The van der Waals surface area contributed by atoms with E-state index in [0.717, 1.165) is 32.8 Å². The van der Waals surface area contributed by atoms with E-state index >= 15 is 0 Å². The third-order valence-corrected chi connectivity index (χ3v) is 1.73. The van der Waals surface area contributed by atoms with Gasteiger partial charge in [-0.05, 0) is 0 Å². The van der Waals surface area contributed by atoms with E-state index in [-0.39, 0.29) is 0 Å². The minimum Gasteiger partial charge on any atom is -0.379 e. The summed E-state index contributed by atoms with van der Waals surface area (Å²) in [6, 6.07) is 0. The van der Waals surface area contributed by atoms with Gasteiger partial charge in [0.15, 0.2) is 0 Å². The molecular weight excluding hydrogens is 175 g/mol. The largest absolute Gasteiger partial charge is 0.379 e. The van der Waals surface area contributed by atoms with Crippen LogP contribution < -0.4 is 10.6 Å². The van der Waals surface area contributed by atoms with Gasteiger partial charge in [-0.25, -0.2) is 4.39 Å². The number of nitrogens with one attached hydrogen (secondary N) is 2. The van der Waals surface area contributed by atoms with Gasteiger partial charge in [0.25, 0.3) is 0 Å². The maximum Gasteiger partial charge on any atom is 0.211 e. The molecule has 0 aliphatic carbocycles. The molecule has 4 nitrogen and oxygen atoms in total. The monoisotopic (exact) mass is 192 g/mol. The molecular formula is C8H17FN2O2. The maximum absolute atomic E-state index is 11.9. The molecule has 2 aliphatic rings. The summed E-state index contributed by atoms with van der Waals surface area (Å²) < 4.78 is 21.5. The molecule has 0 bridgehead atoms. The number of morpholine rings is 2. The third-order valence-electron chi connectivity index (χ3n) is 1.73. The predicted octanol–water partition coefficient (Wildman–Crippen LogP) is -0.492. The normalized spacial score (nSPS) is 28.8. The first-order chi connectivity index (χ1) is 6.39. The Bertz CT molecular complexity index is 105. The van der Waals surface area contributed by atoms with Crippen LogP contribution in [-0.4, -0.2) is 52.4 Å². The predicted molar refractivity (Wildman–Crippen MR) is 47.4 cm³/mol. The van der Waals surface area contributed by atoms with E-state index in [2.05, 4.69) is 15.4 Å². The molecule has 0 amide bonds. The van der Waals surface area contributed by atoms with Crippen LogP contribution in [0.5, 0.6) is 0 Å². The van der Waals surface area contributed by atoms with Crippen LogP contribution in [0, 0.1) is 0 Å². The summed E-state index contributed by atoms with van der Waals surface area (Å²) in [6.07, 6.45) is -1.08. The molecule has 2 N–H and O–H groups in total. The van der Waals surface area contributed by atoms with E-state index in [1.807, 2.05) is 0 Å². The summed E-state index contributed by atoms with van der Waals surface area (Å²) in [5, 5.41) is 5.99. The summed E-state index contributed by atoms with van der Waals surface area (Å²) in [5.41, 5.74) is 0. The lowest BCUT2D eigenvalue weighted by atomic mass is 10.5. The van der Waals surface area contributed by atoms with Gasteiger partial charge in [0.1, 0.15) is 0 Å². The van der Waals surface area contributed by atoms with E-state index < -0.39 is 6.36 Å². The van der Waals surface area contributed by atoms with Gasteiger partial charge in [0.2, 0.25) is 6.36 Å². The van der Waals surface area contributed by atoms with Crippen molar-refractivity contribution in [2.75, 3.05) is 46.0 Å². The summed E-state index contributed by atoms with van der Waals surface area (Å²) in [5.74, 6) is 0. The fraction of sp³-hybridized carbons (Fsp3) is 1.00. The van der Waals surface area contributed by atoms with Crippen molar-refractivity contribution in [3.8, 4) is 0 Å². The quantitative estimate of drug-likeness (QED) is 0.543. The first kappa shape index (κ1) is 10.8. The highest BCUT2D eigenvalue weighted by molar-refractivity contribution is 4.55. The van der Waals surface area contributed by atoms with E-state index in [1.54, 1.807) is 0 Å². The van der Waals surface area contributed by atoms with Gasteiger partial charge in [-0.1, -0.05) is 0 Å². The van der Waals surface area contributed by atoms with Gasteiger partial charge in [-0.3, -0.25) is 0 Å². The number of ether oxygens (including phenoxy) is 2. The molecule has 2 aliphatic heterocycles. The van der Waals surface area contributed by atoms with Crippen molar-refractivity contribution in [2.24, 2.45) is 0 Å². The Morgan fingerprint density at radius 3 is 1.92 bits per heavy atom. The highest BCUT2D eigenvalue weighted by atomic mass is 19.1. The van der Waals surface area contributed by atoms with Crippen LogP contribution in [0.4, 0.5) is 4.39 Å². The molecule has 0 radical (unpaired) electrons. The van der Waals surface area contributed by atoms with Crippen LogP contribution in [0.25, 0.3) is 0 Å². The average molecular weight is 192 g/mol. The number of hydrogen-bond donors (Lipinski definition) is 2. The second kappa shape index (κ2) is 7.20. The lowest BCUT2D eigenvalue weighted by Crippen LogP contribution is -2.35. The van der Waals surface area contributed by atoms with Crippen molar-refractivity contribution >= 4 is 0 Å². The highest BCUT2D eigenvalue weighted by Crippen LogP contribution is 1.94. The zero-order chi connectivity index (χ0) is 9.36. The van der Waals surface area contributed by atoms with E-state index in [4.69, 9.17) is 4.74 Å². The van der Waals surface area contributed by atoms with E-state index in [9.17, 15) is 4.39 Å². The van der Waals surface area contributed by atoms with Crippen LogP contribution in [0.2, 0.25) is 0 Å². The Kier molecular flexibility index (Phi) is 6.01. The zero-order valence-electron chi connectivity index (χ0n) is 7.72. The molecule has 2 fully saturated rings. The summed E-state index contributed by atoms with van der Waals surface area (Å²) in [4.78, 5) is 0. The molecule has 0 aromatic carbocycles. The SMILES string of the molecule is C1COCCN1.FC1CNCCO1. The number of hydrogen-bond acceptors (Lipinski definition) is 4. The standard InChI is InChI=1S/C4H8FNO.C4H9NO/c5-4-3-6-1-2-7-4;1-3-6-4-2-5-1/h4,6H,1-3H2;5H,1-4H2. The Hall–Kier alpha value is -0.230. The Morgan fingerprint density at radius 1 is 1.00 bits per heavy atom. The van der Waals surface area contributed by atoms with Gasteiger partial charge < -0.3 is 20.1 Å². The van der Waals surface area contributed by atoms with Crippen molar-refractivity contribution in [2.45, 2.75) is 6.36 Å². The molecule has 0 aromatic rings.